The fourth-order valence-electron chi connectivity index (χ4n) is 3.50. The molecule has 33 heavy (non-hydrogen) atoms. The van der Waals surface area contributed by atoms with Gasteiger partial charge in [0.25, 0.3) is 5.91 Å². The molecule has 0 aliphatic rings. The lowest BCUT2D eigenvalue weighted by Gasteiger charge is -2.13. The minimum Gasteiger partial charge on any atom is -0.395 e. The van der Waals surface area contributed by atoms with Gasteiger partial charge < -0.3 is 20.1 Å². The average molecular weight is 465 g/mol. The number of aryl methyl sites for hydroxylation is 1. The van der Waals surface area contributed by atoms with Crippen molar-refractivity contribution in [2.24, 2.45) is 0 Å². The Bertz CT molecular complexity index is 1430. The zero-order valence-corrected chi connectivity index (χ0v) is 19.1. The van der Waals surface area contributed by atoms with Gasteiger partial charge in [0, 0.05) is 42.1 Å². The number of carbonyl (C=O) groups is 1. The maximum atomic E-state index is 12.9. The number of nitrogens with zero attached hydrogens (tertiary/aromatic N) is 2. The Hall–Kier alpha value is -3.69. The number of aliphatic hydroxyl groups excluding tert-OH is 1. The highest BCUT2D eigenvalue weighted by Crippen LogP contribution is 2.25. The maximum Gasteiger partial charge on any atom is 0.257 e. The molecule has 0 radical (unpaired) electrons. The molecule has 2 heterocycles. The summed E-state index contributed by atoms with van der Waals surface area (Å²) in [7, 11) is -3.44. The normalized spacial score (nSPS) is 11.5. The first-order valence-corrected chi connectivity index (χ1v) is 12.2. The van der Waals surface area contributed by atoms with Gasteiger partial charge in [-0.25, -0.2) is 13.4 Å². The molecule has 0 saturated heterocycles. The Morgan fingerprint density at radius 2 is 1.88 bits per heavy atom. The zero-order valence-electron chi connectivity index (χ0n) is 18.2. The summed E-state index contributed by atoms with van der Waals surface area (Å²) in [6, 6.07) is 15.6. The second kappa shape index (κ2) is 9.05. The number of hydrogen-bond donors (Lipinski definition) is 3. The van der Waals surface area contributed by atoms with Gasteiger partial charge in [-0.3, -0.25) is 4.79 Å². The third kappa shape index (κ3) is 4.89. The number of anilines is 2. The van der Waals surface area contributed by atoms with Crippen molar-refractivity contribution in [3.63, 3.8) is 0 Å². The third-order valence-corrected chi connectivity index (χ3v) is 6.32. The number of amides is 1. The smallest absolute Gasteiger partial charge is 0.257 e. The van der Waals surface area contributed by atoms with Crippen molar-refractivity contribution in [3.05, 3.63) is 78.1 Å². The van der Waals surface area contributed by atoms with Crippen LogP contribution in [0.3, 0.4) is 0 Å². The molecule has 0 spiro atoms. The maximum absolute atomic E-state index is 12.9. The molecule has 4 rings (SSSR count). The van der Waals surface area contributed by atoms with E-state index in [9.17, 15) is 13.2 Å². The van der Waals surface area contributed by atoms with E-state index in [1.807, 2.05) is 48.0 Å². The van der Waals surface area contributed by atoms with E-state index in [0.29, 0.717) is 11.4 Å². The largest absolute Gasteiger partial charge is 0.395 e. The molecule has 2 aromatic heterocycles. The molecule has 0 aliphatic heterocycles. The van der Waals surface area contributed by atoms with Gasteiger partial charge in [-0.15, -0.1) is 0 Å². The topological polar surface area (TPSA) is 113 Å². The van der Waals surface area contributed by atoms with Gasteiger partial charge in [-0.1, -0.05) is 18.2 Å². The van der Waals surface area contributed by atoms with Crippen LogP contribution in [0, 0.1) is 6.92 Å². The summed E-state index contributed by atoms with van der Waals surface area (Å²) < 4.78 is 25.7. The summed E-state index contributed by atoms with van der Waals surface area (Å²) in [5, 5.41) is 14.9. The molecule has 0 fully saturated rings. The van der Waals surface area contributed by atoms with Crippen LogP contribution in [0.15, 0.2) is 71.9 Å². The number of rotatable bonds is 7. The fraction of sp³-hybridized carbons (Fsp3) is 0.167. The quantitative estimate of drug-likeness (QED) is 0.387. The monoisotopic (exact) mass is 464 g/mol. The molecule has 2 aromatic carbocycles. The van der Waals surface area contributed by atoms with E-state index >= 15 is 0 Å². The van der Waals surface area contributed by atoms with Crippen molar-refractivity contribution in [3.8, 4) is 11.3 Å². The minimum atomic E-state index is -3.44. The molecule has 9 heteroatoms. The Labute approximate surface area is 191 Å². The Kier molecular flexibility index (Phi) is 6.17. The van der Waals surface area contributed by atoms with Gasteiger partial charge in [0.15, 0.2) is 9.84 Å². The van der Waals surface area contributed by atoms with Gasteiger partial charge >= 0.3 is 0 Å². The van der Waals surface area contributed by atoms with Crippen molar-refractivity contribution in [1.82, 2.24) is 9.38 Å². The predicted octanol–water partition coefficient (Wildman–Crippen LogP) is 3.37. The van der Waals surface area contributed by atoms with Gasteiger partial charge in [-0.2, -0.15) is 0 Å². The Morgan fingerprint density at radius 3 is 2.55 bits per heavy atom. The van der Waals surface area contributed by atoms with E-state index in [1.165, 1.54) is 18.2 Å². The standard InChI is InChI=1S/C24H24N4O4S/c1-16-4-3-12-28-15-22(27-23(16)28)17-5-7-18(8-6-17)26-24(30)20-10-9-19(33(2,31)32)14-21(20)25-11-13-29/h3-10,12,14-15,25,29H,11,13H2,1-2H3,(H,26,30). The first-order chi connectivity index (χ1) is 15.8. The van der Waals surface area contributed by atoms with E-state index in [-0.39, 0.29) is 23.6 Å². The Morgan fingerprint density at radius 1 is 1.12 bits per heavy atom. The molecule has 0 atom stereocenters. The van der Waals surface area contributed by atoms with Gasteiger partial charge in [0.2, 0.25) is 0 Å². The molecule has 0 unspecified atom stereocenters. The van der Waals surface area contributed by atoms with Crippen LogP contribution in [-0.2, 0) is 9.84 Å². The Balaban J connectivity index is 1.56. The van der Waals surface area contributed by atoms with Crippen molar-refractivity contribution in [2.75, 3.05) is 30.0 Å². The number of imidazole rings is 1. The molecule has 0 saturated carbocycles. The first-order valence-electron chi connectivity index (χ1n) is 10.3. The van der Waals surface area contributed by atoms with Crippen LogP contribution in [-0.4, -0.2) is 48.2 Å². The lowest BCUT2D eigenvalue weighted by atomic mass is 10.1. The van der Waals surface area contributed by atoms with E-state index in [4.69, 9.17) is 5.11 Å². The van der Waals surface area contributed by atoms with Crippen LogP contribution < -0.4 is 10.6 Å². The molecule has 0 bridgehead atoms. The molecule has 8 nitrogen and oxygen atoms in total. The SMILES string of the molecule is Cc1cccn2cc(-c3ccc(NC(=O)c4ccc(S(C)(=O)=O)cc4NCCO)cc3)nc12. The highest BCUT2D eigenvalue weighted by atomic mass is 32.2. The summed E-state index contributed by atoms with van der Waals surface area (Å²) in [5.41, 5.74) is 4.92. The summed E-state index contributed by atoms with van der Waals surface area (Å²) in [6.07, 6.45) is 5.01. The van der Waals surface area contributed by atoms with Gasteiger partial charge in [-0.05, 0) is 48.9 Å². The second-order valence-corrected chi connectivity index (χ2v) is 9.73. The molecular formula is C24H24N4O4S. The lowest BCUT2D eigenvalue weighted by Crippen LogP contribution is -2.16. The number of fused-ring (bicyclic) bond motifs is 1. The highest BCUT2D eigenvalue weighted by molar-refractivity contribution is 7.90. The zero-order chi connectivity index (χ0) is 23.6. The van der Waals surface area contributed by atoms with E-state index < -0.39 is 15.7 Å². The second-order valence-electron chi connectivity index (χ2n) is 7.71. The number of nitrogens with one attached hydrogen (secondary N) is 2. The van der Waals surface area contributed by atoms with Crippen LogP contribution in [0.2, 0.25) is 0 Å². The molecule has 170 valence electrons. The van der Waals surface area contributed by atoms with Crippen LogP contribution in [0.5, 0.6) is 0 Å². The van der Waals surface area contributed by atoms with Crippen LogP contribution >= 0.6 is 0 Å². The number of pyridine rings is 1. The third-order valence-electron chi connectivity index (χ3n) is 5.21. The van der Waals surface area contributed by atoms with Crippen LogP contribution in [0.25, 0.3) is 16.9 Å². The summed E-state index contributed by atoms with van der Waals surface area (Å²) in [6.45, 7) is 2.03. The van der Waals surface area contributed by atoms with Crippen LogP contribution in [0.1, 0.15) is 15.9 Å². The number of benzene rings is 2. The number of hydrogen-bond acceptors (Lipinski definition) is 6. The number of sulfone groups is 1. The molecule has 1 amide bonds. The summed E-state index contributed by atoms with van der Waals surface area (Å²) in [5.74, 6) is -0.397. The first kappa shape index (κ1) is 22.5. The van der Waals surface area contributed by atoms with E-state index in [0.717, 1.165) is 28.7 Å². The molecule has 4 aromatic rings. The van der Waals surface area contributed by atoms with Gasteiger partial charge in [0.1, 0.15) is 5.65 Å². The molecule has 3 N–H and O–H groups in total. The van der Waals surface area contributed by atoms with Crippen molar-refractivity contribution < 1.29 is 18.3 Å². The van der Waals surface area contributed by atoms with Crippen molar-refractivity contribution in [2.45, 2.75) is 11.8 Å². The summed E-state index contributed by atoms with van der Waals surface area (Å²) >= 11 is 0. The van der Waals surface area contributed by atoms with Gasteiger partial charge in [0.05, 0.1) is 22.8 Å². The predicted molar refractivity (Wildman–Crippen MR) is 128 cm³/mol. The molecular weight excluding hydrogens is 440 g/mol. The van der Waals surface area contributed by atoms with Crippen LogP contribution in [0.4, 0.5) is 11.4 Å². The molecule has 0 aliphatic carbocycles. The minimum absolute atomic E-state index is 0.0894. The average Bonchev–Trinajstić information content (AvgIpc) is 3.23. The number of aromatic nitrogens is 2. The fourth-order valence-corrected chi connectivity index (χ4v) is 4.15. The highest BCUT2D eigenvalue weighted by Gasteiger charge is 2.16. The van der Waals surface area contributed by atoms with E-state index in [2.05, 4.69) is 15.6 Å². The van der Waals surface area contributed by atoms with E-state index in [1.54, 1.807) is 12.1 Å². The van der Waals surface area contributed by atoms with Crippen molar-refractivity contribution >= 4 is 32.8 Å². The summed E-state index contributed by atoms with van der Waals surface area (Å²) in [4.78, 5) is 17.7. The van der Waals surface area contributed by atoms with Crippen molar-refractivity contribution in [1.29, 1.82) is 0 Å². The number of carbonyl (C=O) groups excluding carboxylic acids is 1. The lowest BCUT2D eigenvalue weighted by molar-refractivity contribution is 0.102. The number of aliphatic hydroxyl groups is 1.